The van der Waals surface area contributed by atoms with E-state index in [1.54, 1.807) is 0 Å². The molecular weight excluding hydrogens is 693 g/mol. The molecule has 316 valence electrons. The van der Waals surface area contributed by atoms with E-state index in [0.29, 0.717) is 12.8 Å². The maximum Gasteiger partial charge on any atom is 0.0948 e. The van der Waals surface area contributed by atoms with Gasteiger partial charge in [0.05, 0.1) is 74.6 Å². The maximum atomic E-state index is 10.7. The van der Waals surface area contributed by atoms with Crippen molar-refractivity contribution in [1.82, 2.24) is 0 Å². The van der Waals surface area contributed by atoms with Crippen molar-refractivity contribution in [2.24, 2.45) is 0 Å². The van der Waals surface area contributed by atoms with Crippen molar-refractivity contribution in [2.45, 2.75) is 206 Å². The highest BCUT2D eigenvalue weighted by molar-refractivity contribution is 7.85. The van der Waals surface area contributed by atoms with Crippen LogP contribution in [0.2, 0.25) is 0 Å². The summed E-state index contributed by atoms with van der Waals surface area (Å²) < 4.78 is 65.5. The summed E-state index contributed by atoms with van der Waals surface area (Å²) in [5, 5.41) is 0. The zero-order chi connectivity index (χ0) is 39.5. The lowest BCUT2D eigenvalue weighted by atomic mass is 10.0. The first-order valence-electron chi connectivity index (χ1n) is 22.0. The number of hydrogen-bond donors (Lipinski definition) is 0. The van der Waals surface area contributed by atoms with Gasteiger partial charge in [0.25, 0.3) is 0 Å². The van der Waals surface area contributed by atoms with Gasteiger partial charge in [-0.05, 0) is 25.7 Å². The van der Waals surface area contributed by atoms with Crippen LogP contribution in [0.5, 0.6) is 0 Å². The molecule has 0 heterocycles. The first-order valence-corrected chi connectivity index (χ1v) is 25.2. The third-order valence-corrected chi connectivity index (χ3v) is 12.1. The lowest BCUT2D eigenvalue weighted by molar-refractivity contribution is -0.890. The van der Waals surface area contributed by atoms with Gasteiger partial charge in [0, 0.05) is 24.3 Å². The van der Waals surface area contributed by atoms with Crippen molar-refractivity contribution >= 4 is 20.2 Å². The monoisotopic (exact) mass is 783 g/mol. The predicted molar refractivity (Wildman–Crippen MR) is 223 cm³/mol. The molecule has 0 saturated heterocycles. The molecule has 0 aliphatic heterocycles. The summed E-state index contributed by atoms with van der Waals surface area (Å²) in [5.74, 6) is -0.458. The van der Waals surface area contributed by atoms with E-state index in [2.05, 4.69) is 42.0 Å². The molecule has 0 amide bonds. The number of quaternary nitrogens is 2. The van der Waals surface area contributed by atoms with Crippen molar-refractivity contribution in [3.63, 3.8) is 0 Å². The molecule has 0 spiro atoms. The summed E-state index contributed by atoms with van der Waals surface area (Å²) in [6.45, 7) is 8.20. The highest BCUT2D eigenvalue weighted by Gasteiger charge is 2.15. The SMILES string of the molecule is CCCCCCCCCCCCCCCC[N+](C)(C)CCCS(=O)(=O)[O-].CCCCCCCCCCCCCCCC[N+](C)(C)CCCS(=O)(=O)[O-]. The Balaban J connectivity index is 0. The Kier molecular flexibility index (Phi) is 36.4. The van der Waals surface area contributed by atoms with Gasteiger partial charge in [-0.2, -0.15) is 0 Å². The standard InChI is InChI=1S/2C21H45NO3S/c2*1-4-5-6-7-8-9-10-11-12-13-14-15-16-17-19-22(2,3)20-18-21-26(23,24)25/h2*4-21H2,1-3H3. The van der Waals surface area contributed by atoms with Crippen LogP contribution < -0.4 is 0 Å². The molecule has 0 fully saturated rings. The minimum absolute atomic E-state index is 0.229. The molecule has 0 bridgehead atoms. The third-order valence-electron chi connectivity index (χ3n) is 10.5. The Hall–Kier alpha value is -0.260. The van der Waals surface area contributed by atoms with Gasteiger partial charge >= 0.3 is 0 Å². The molecule has 8 nitrogen and oxygen atoms in total. The summed E-state index contributed by atoms with van der Waals surface area (Å²) in [7, 11) is 0.386. The number of rotatable bonds is 38. The van der Waals surface area contributed by atoms with Crippen LogP contribution in [0.25, 0.3) is 0 Å². The van der Waals surface area contributed by atoms with Crippen LogP contribution in [0.15, 0.2) is 0 Å². The number of nitrogens with zero attached hydrogens (tertiary/aromatic N) is 2. The number of unbranched alkanes of at least 4 members (excludes halogenated alkanes) is 26. The molecule has 0 aromatic carbocycles. The summed E-state index contributed by atoms with van der Waals surface area (Å²) in [5.41, 5.74) is 0. The topological polar surface area (TPSA) is 114 Å². The highest BCUT2D eigenvalue weighted by Crippen LogP contribution is 2.15. The van der Waals surface area contributed by atoms with E-state index in [1.165, 1.54) is 180 Å². The molecule has 0 unspecified atom stereocenters. The lowest BCUT2D eigenvalue weighted by Crippen LogP contribution is -2.41. The van der Waals surface area contributed by atoms with E-state index in [1.807, 2.05) is 0 Å². The molecule has 0 N–H and O–H groups in total. The molecule has 52 heavy (non-hydrogen) atoms. The second-order valence-electron chi connectivity index (χ2n) is 17.2. The van der Waals surface area contributed by atoms with Gasteiger partial charge in [0.1, 0.15) is 0 Å². The largest absolute Gasteiger partial charge is 0.748 e. The van der Waals surface area contributed by atoms with Gasteiger partial charge < -0.3 is 18.1 Å². The lowest BCUT2D eigenvalue weighted by Gasteiger charge is -2.30. The fourth-order valence-corrected chi connectivity index (χ4v) is 8.00. The van der Waals surface area contributed by atoms with Crippen molar-refractivity contribution in [3.8, 4) is 0 Å². The van der Waals surface area contributed by atoms with E-state index in [-0.39, 0.29) is 11.5 Å². The predicted octanol–water partition coefficient (Wildman–Crippen LogP) is 11.0. The van der Waals surface area contributed by atoms with Crippen LogP contribution in [0, 0.1) is 0 Å². The zero-order valence-corrected chi connectivity index (χ0v) is 37.2. The minimum Gasteiger partial charge on any atom is -0.748 e. The van der Waals surface area contributed by atoms with Gasteiger partial charge in [0.2, 0.25) is 0 Å². The Morgan fingerprint density at radius 1 is 0.308 bits per heavy atom. The van der Waals surface area contributed by atoms with Gasteiger partial charge in [-0.25, -0.2) is 16.8 Å². The van der Waals surface area contributed by atoms with E-state index in [0.717, 1.165) is 35.1 Å². The molecule has 0 atom stereocenters. The zero-order valence-electron chi connectivity index (χ0n) is 35.6. The van der Waals surface area contributed by atoms with Gasteiger partial charge in [0.15, 0.2) is 0 Å². The Morgan fingerprint density at radius 3 is 0.673 bits per heavy atom. The van der Waals surface area contributed by atoms with Crippen molar-refractivity contribution in [3.05, 3.63) is 0 Å². The molecule has 0 aliphatic rings. The first-order chi connectivity index (χ1) is 24.5. The molecule has 0 aliphatic carbocycles. The average molecular weight is 783 g/mol. The van der Waals surface area contributed by atoms with E-state index >= 15 is 0 Å². The maximum absolute atomic E-state index is 10.7. The van der Waals surface area contributed by atoms with E-state index < -0.39 is 20.2 Å². The Bertz CT molecular complexity index is 893. The van der Waals surface area contributed by atoms with Crippen LogP contribution in [0.3, 0.4) is 0 Å². The molecule has 0 aromatic rings. The molecule has 0 rings (SSSR count). The van der Waals surface area contributed by atoms with Gasteiger partial charge in [-0.3, -0.25) is 0 Å². The molecular formula is C42H90N2O6S2. The summed E-state index contributed by atoms with van der Waals surface area (Å²) >= 11 is 0. The molecule has 0 radical (unpaired) electrons. The third kappa shape index (κ3) is 47.8. The Morgan fingerprint density at radius 2 is 0.481 bits per heavy atom. The Labute approximate surface area is 326 Å². The van der Waals surface area contributed by atoms with E-state index in [4.69, 9.17) is 0 Å². The second-order valence-corrected chi connectivity index (χ2v) is 20.2. The number of hydrogen-bond acceptors (Lipinski definition) is 6. The second kappa shape index (κ2) is 35.2. The van der Waals surface area contributed by atoms with Crippen LogP contribution in [0.4, 0.5) is 0 Å². The fourth-order valence-electron chi connectivity index (χ4n) is 7.03. The quantitative estimate of drug-likeness (QED) is 0.0350. The summed E-state index contributed by atoms with van der Waals surface area (Å²) in [6, 6.07) is 0. The van der Waals surface area contributed by atoms with Crippen LogP contribution >= 0.6 is 0 Å². The molecule has 0 aromatic heterocycles. The normalized spacial score (nSPS) is 12.6. The van der Waals surface area contributed by atoms with Crippen molar-refractivity contribution in [2.75, 3.05) is 65.9 Å². The molecule has 10 heteroatoms. The fraction of sp³-hybridized carbons (Fsp3) is 1.00. The van der Waals surface area contributed by atoms with Crippen LogP contribution in [-0.2, 0) is 20.2 Å². The summed E-state index contributed by atoms with van der Waals surface area (Å²) in [6.07, 6.45) is 39.2. The van der Waals surface area contributed by atoms with Gasteiger partial charge in [-0.15, -0.1) is 0 Å². The van der Waals surface area contributed by atoms with Crippen LogP contribution in [-0.4, -0.2) is 101 Å². The van der Waals surface area contributed by atoms with Gasteiger partial charge in [-0.1, -0.05) is 168 Å². The smallest absolute Gasteiger partial charge is 0.0948 e. The van der Waals surface area contributed by atoms with Crippen molar-refractivity contribution < 1.29 is 34.9 Å². The van der Waals surface area contributed by atoms with Crippen LogP contribution in [0.1, 0.15) is 206 Å². The first kappa shape index (κ1) is 53.8. The van der Waals surface area contributed by atoms with E-state index in [9.17, 15) is 25.9 Å². The highest BCUT2D eigenvalue weighted by atomic mass is 32.2. The van der Waals surface area contributed by atoms with Crippen molar-refractivity contribution in [1.29, 1.82) is 0 Å². The average Bonchev–Trinajstić information content (AvgIpc) is 3.04. The minimum atomic E-state index is -4.06. The molecule has 0 saturated carbocycles. The summed E-state index contributed by atoms with van der Waals surface area (Å²) in [4.78, 5) is 0.